The van der Waals surface area contributed by atoms with E-state index in [1.165, 1.54) is 12.8 Å². The molecule has 1 aliphatic rings. The lowest BCUT2D eigenvalue weighted by Crippen LogP contribution is -2.22. The molecule has 2 atom stereocenters. The van der Waals surface area contributed by atoms with Crippen molar-refractivity contribution in [3.63, 3.8) is 0 Å². The third-order valence-corrected chi connectivity index (χ3v) is 6.85. The Balaban J connectivity index is 0.00000158. The average Bonchev–Trinajstić information content (AvgIpc) is 3.72. The molecule has 34 heavy (non-hydrogen) atoms. The van der Waals surface area contributed by atoms with Crippen LogP contribution in [0, 0.1) is 6.92 Å². The second-order valence-corrected chi connectivity index (χ2v) is 9.23. The van der Waals surface area contributed by atoms with E-state index in [0.717, 1.165) is 32.3 Å². The maximum absolute atomic E-state index is 6.50. The summed E-state index contributed by atoms with van der Waals surface area (Å²) in [5.41, 5.74) is 2.91. The second-order valence-electron chi connectivity index (χ2n) is 8.43. The number of halogens is 1. The zero-order valence-electron chi connectivity index (χ0n) is 21.3. The number of anilines is 1. The Morgan fingerprint density at radius 3 is 2.41 bits per heavy atom. The van der Waals surface area contributed by atoms with Crippen LogP contribution in [0.15, 0.2) is 40.9 Å². The molecule has 1 aliphatic carbocycles. The summed E-state index contributed by atoms with van der Waals surface area (Å²) in [6.45, 7) is 10.4. The SMILES string of the molecule is CC.COC(C)COc1nc(N(C)C2CC2)c2cc(C)c(Br)c(OC(C)c3ccccc3)c2n1. The smallest absolute Gasteiger partial charge is 0.319 e. The summed E-state index contributed by atoms with van der Waals surface area (Å²) in [5, 5.41) is 0.961. The van der Waals surface area contributed by atoms with Crippen molar-refractivity contribution in [3.8, 4) is 11.8 Å². The fraction of sp³-hybridized carbons (Fsp3) is 0.481. The Labute approximate surface area is 211 Å². The Morgan fingerprint density at radius 1 is 1.12 bits per heavy atom. The summed E-state index contributed by atoms with van der Waals surface area (Å²) < 4.78 is 18.6. The maximum atomic E-state index is 6.50. The quantitative estimate of drug-likeness (QED) is 0.301. The van der Waals surface area contributed by atoms with E-state index in [1.807, 2.05) is 45.9 Å². The third-order valence-electron chi connectivity index (χ3n) is 5.87. The zero-order valence-corrected chi connectivity index (χ0v) is 22.8. The summed E-state index contributed by atoms with van der Waals surface area (Å²) in [6.07, 6.45) is 2.14. The number of aromatic nitrogens is 2. The van der Waals surface area contributed by atoms with Crippen LogP contribution >= 0.6 is 15.9 Å². The molecule has 0 saturated heterocycles. The molecule has 6 nitrogen and oxygen atoms in total. The number of benzene rings is 2. The molecule has 4 rings (SSSR count). The van der Waals surface area contributed by atoms with Crippen LogP contribution in [0.25, 0.3) is 10.9 Å². The number of aryl methyl sites for hydroxylation is 1. The molecule has 0 amide bonds. The zero-order chi connectivity index (χ0) is 24.8. The van der Waals surface area contributed by atoms with Crippen molar-refractivity contribution in [2.75, 3.05) is 25.7 Å². The summed E-state index contributed by atoms with van der Waals surface area (Å²) in [5.74, 6) is 1.57. The molecule has 3 aromatic rings. The van der Waals surface area contributed by atoms with Gasteiger partial charge in [0, 0.05) is 25.6 Å². The Hall–Kier alpha value is -2.38. The molecule has 0 bridgehead atoms. The van der Waals surface area contributed by atoms with Crippen LogP contribution in [0.3, 0.4) is 0 Å². The van der Waals surface area contributed by atoms with Gasteiger partial charge in [-0.3, -0.25) is 0 Å². The third kappa shape index (κ3) is 5.99. The van der Waals surface area contributed by atoms with Gasteiger partial charge in [0.05, 0.1) is 10.6 Å². The van der Waals surface area contributed by atoms with Crippen molar-refractivity contribution in [1.29, 1.82) is 0 Å². The van der Waals surface area contributed by atoms with E-state index in [4.69, 9.17) is 24.2 Å². The predicted octanol–water partition coefficient (Wildman–Crippen LogP) is 6.88. The van der Waals surface area contributed by atoms with E-state index in [0.29, 0.717) is 24.4 Å². The van der Waals surface area contributed by atoms with Crippen LogP contribution in [0.1, 0.15) is 57.8 Å². The lowest BCUT2D eigenvalue weighted by atomic mass is 10.1. The molecule has 1 heterocycles. The maximum Gasteiger partial charge on any atom is 0.319 e. The van der Waals surface area contributed by atoms with Gasteiger partial charge in [0.15, 0.2) is 5.75 Å². The van der Waals surface area contributed by atoms with E-state index >= 15 is 0 Å². The fourth-order valence-corrected chi connectivity index (χ4v) is 4.01. The molecule has 2 aromatic carbocycles. The van der Waals surface area contributed by atoms with E-state index < -0.39 is 0 Å². The molecule has 184 valence electrons. The minimum atomic E-state index is -0.144. The number of rotatable bonds is 9. The lowest BCUT2D eigenvalue weighted by Gasteiger charge is -2.23. The van der Waals surface area contributed by atoms with Gasteiger partial charge in [0.25, 0.3) is 0 Å². The largest absolute Gasteiger partial charge is 0.483 e. The molecule has 2 unspecified atom stereocenters. The first-order valence-electron chi connectivity index (χ1n) is 12.0. The van der Waals surface area contributed by atoms with Crippen LogP contribution in [0.5, 0.6) is 11.8 Å². The molecule has 7 heteroatoms. The monoisotopic (exact) mass is 529 g/mol. The van der Waals surface area contributed by atoms with E-state index in [9.17, 15) is 0 Å². The molecule has 0 N–H and O–H groups in total. The first-order chi connectivity index (χ1) is 16.4. The number of fused-ring (bicyclic) bond motifs is 1. The van der Waals surface area contributed by atoms with Crippen LogP contribution in [-0.4, -0.2) is 42.9 Å². The topological polar surface area (TPSA) is 56.7 Å². The van der Waals surface area contributed by atoms with Crippen molar-refractivity contribution in [2.45, 2.75) is 65.7 Å². The van der Waals surface area contributed by atoms with Crippen LogP contribution < -0.4 is 14.4 Å². The summed E-state index contributed by atoms with van der Waals surface area (Å²) in [7, 11) is 3.75. The molecule has 0 spiro atoms. The highest BCUT2D eigenvalue weighted by molar-refractivity contribution is 9.10. The van der Waals surface area contributed by atoms with Crippen LogP contribution in [0.4, 0.5) is 5.82 Å². The minimum absolute atomic E-state index is 0.0579. The minimum Gasteiger partial charge on any atom is -0.483 e. The van der Waals surface area contributed by atoms with Gasteiger partial charge < -0.3 is 19.1 Å². The molecular weight excluding hydrogens is 494 g/mol. The normalized spacial score (nSPS) is 14.7. The number of nitrogens with zero attached hydrogens (tertiary/aromatic N) is 3. The van der Waals surface area contributed by atoms with Crippen molar-refractivity contribution >= 4 is 32.7 Å². The van der Waals surface area contributed by atoms with E-state index in [1.54, 1.807) is 7.11 Å². The lowest BCUT2D eigenvalue weighted by molar-refractivity contribution is 0.0682. The van der Waals surface area contributed by atoms with Crippen molar-refractivity contribution < 1.29 is 14.2 Å². The Kier molecular flexibility index (Phi) is 9.14. The van der Waals surface area contributed by atoms with Crippen LogP contribution in [0.2, 0.25) is 0 Å². The first-order valence-corrected chi connectivity index (χ1v) is 12.8. The highest BCUT2D eigenvalue weighted by Gasteiger charge is 2.30. The molecule has 1 aromatic heterocycles. The Bertz CT molecular complexity index is 1090. The molecule has 1 fully saturated rings. The second kappa shape index (κ2) is 11.8. The highest BCUT2D eigenvalue weighted by Crippen LogP contribution is 2.42. The molecular formula is C27H36BrN3O3. The molecule has 1 saturated carbocycles. The summed E-state index contributed by atoms with van der Waals surface area (Å²) in [4.78, 5) is 11.8. The van der Waals surface area contributed by atoms with Crippen molar-refractivity contribution in [1.82, 2.24) is 9.97 Å². The predicted molar refractivity (Wildman–Crippen MR) is 142 cm³/mol. The van der Waals surface area contributed by atoms with Gasteiger partial charge in [-0.05, 0) is 66.7 Å². The summed E-state index contributed by atoms with van der Waals surface area (Å²) in [6, 6.07) is 13.1. The number of hydrogen-bond acceptors (Lipinski definition) is 6. The highest BCUT2D eigenvalue weighted by atomic mass is 79.9. The van der Waals surface area contributed by atoms with Crippen molar-refractivity contribution in [3.05, 3.63) is 52.0 Å². The van der Waals surface area contributed by atoms with Gasteiger partial charge >= 0.3 is 6.01 Å². The van der Waals surface area contributed by atoms with E-state index in [2.05, 4.69) is 53.0 Å². The van der Waals surface area contributed by atoms with Gasteiger partial charge in [-0.25, -0.2) is 0 Å². The van der Waals surface area contributed by atoms with Gasteiger partial charge in [-0.15, -0.1) is 0 Å². The Morgan fingerprint density at radius 2 is 1.79 bits per heavy atom. The number of methoxy groups -OCH3 is 1. The van der Waals surface area contributed by atoms with Gasteiger partial charge in [-0.1, -0.05) is 44.2 Å². The molecule has 0 radical (unpaired) electrons. The van der Waals surface area contributed by atoms with Gasteiger partial charge in [0.2, 0.25) is 0 Å². The standard InChI is InChI=1S/C25H30BrN3O3.C2H6/c1-15-13-20-22(23(21(15)26)32-17(3)18-9-7-6-8-10-18)27-25(31-14-16(2)30-5)28-24(20)29(4)19-11-12-19;1-2/h6-10,13,16-17,19H,11-12,14H2,1-5H3;1-2H3. The van der Waals surface area contributed by atoms with Crippen LogP contribution in [-0.2, 0) is 4.74 Å². The average molecular weight is 531 g/mol. The van der Waals surface area contributed by atoms with Gasteiger partial charge in [0.1, 0.15) is 24.0 Å². The van der Waals surface area contributed by atoms with Gasteiger partial charge in [-0.2, -0.15) is 9.97 Å². The molecule has 0 aliphatic heterocycles. The fourth-order valence-electron chi connectivity index (χ4n) is 3.61. The summed E-state index contributed by atoms with van der Waals surface area (Å²) >= 11 is 3.74. The van der Waals surface area contributed by atoms with E-state index in [-0.39, 0.29) is 12.2 Å². The number of hydrogen-bond donors (Lipinski definition) is 0. The number of ether oxygens (including phenoxy) is 3. The first kappa shape index (κ1) is 26.2. The van der Waals surface area contributed by atoms with Crippen molar-refractivity contribution in [2.24, 2.45) is 0 Å².